The van der Waals surface area contributed by atoms with Crippen molar-refractivity contribution in [2.24, 2.45) is 0 Å². The van der Waals surface area contributed by atoms with E-state index in [4.69, 9.17) is 10.5 Å². The number of aromatic nitrogens is 2. The predicted molar refractivity (Wildman–Crippen MR) is 53.0 cm³/mol. The van der Waals surface area contributed by atoms with Gasteiger partial charge in [0.2, 0.25) is 0 Å². The number of hydrogen-bond acceptors (Lipinski definition) is 5. The zero-order valence-electron chi connectivity index (χ0n) is 8.18. The third-order valence-corrected chi connectivity index (χ3v) is 2.27. The summed E-state index contributed by atoms with van der Waals surface area (Å²) in [6.45, 7) is 2.01. The number of nitrogen functional groups attached to an aromatic ring is 1. The maximum atomic E-state index is 5.58. The number of hydrogen-bond donors (Lipinski definition) is 1. The first-order valence-electron chi connectivity index (χ1n) is 4.67. The van der Waals surface area contributed by atoms with Gasteiger partial charge in [-0.25, -0.2) is 9.97 Å². The topological polar surface area (TPSA) is 64.3 Å². The number of anilines is 1. The van der Waals surface area contributed by atoms with Gasteiger partial charge in [-0.05, 0) is 13.5 Å². The molecule has 2 rings (SSSR count). The van der Waals surface area contributed by atoms with Gasteiger partial charge in [0.05, 0.1) is 18.1 Å². The Labute approximate surface area is 82.9 Å². The molecule has 0 aliphatic carbocycles. The Morgan fingerprint density at radius 1 is 1.50 bits per heavy atom. The second-order valence-electron chi connectivity index (χ2n) is 3.59. The van der Waals surface area contributed by atoms with Crippen molar-refractivity contribution in [1.82, 2.24) is 14.9 Å². The maximum Gasteiger partial charge on any atom is 0.316 e. The lowest BCUT2D eigenvalue weighted by atomic mass is 10.3. The Balaban J connectivity index is 1.94. The summed E-state index contributed by atoms with van der Waals surface area (Å²) >= 11 is 0. The highest BCUT2D eigenvalue weighted by molar-refractivity contribution is 5.30. The molecule has 5 nitrogen and oxygen atoms in total. The van der Waals surface area contributed by atoms with Crippen molar-refractivity contribution >= 4 is 5.69 Å². The largest absolute Gasteiger partial charge is 0.459 e. The Bertz CT molecular complexity index is 300. The summed E-state index contributed by atoms with van der Waals surface area (Å²) in [6.07, 6.45) is 4.36. The van der Waals surface area contributed by atoms with Crippen molar-refractivity contribution in [3.05, 3.63) is 12.4 Å². The van der Waals surface area contributed by atoms with Crippen molar-refractivity contribution in [3.63, 3.8) is 0 Å². The Kier molecular flexibility index (Phi) is 2.49. The molecule has 1 atom stereocenters. The monoisotopic (exact) mass is 194 g/mol. The lowest BCUT2D eigenvalue weighted by Crippen LogP contribution is -2.22. The molecule has 0 bridgehead atoms. The second kappa shape index (κ2) is 3.79. The van der Waals surface area contributed by atoms with Gasteiger partial charge < -0.3 is 15.4 Å². The molecular weight excluding hydrogens is 180 g/mol. The van der Waals surface area contributed by atoms with E-state index in [1.54, 1.807) is 12.4 Å². The molecule has 0 radical (unpaired) electrons. The fraction of sp³-hybridized carbons (Fsp3) is 0.556. The van der Waals surface area contributed by atoms with E-state index >= 15 is 0 Å². The van der Waals surface area contributed by atoms with Gasteiger partial charge in [0, 0.05) is 13.1 Å². The number of nitrogens with two attached hydrogens (primary N) is 1. The SMILES string of the molecule is CN1CCC(Oc2ncc(N)cn2)C1. The van der Waals surface area contributed by atoms with Crippen LogP contribution >= 0.6 is 0 Å². The Hall–Kier alpha value is -1.36. The Morgan fingerprint density at radius 2 is 2.21 bits per heavy atom. The Morgan fingerprint density at radius 3 is 2.79 bits per heavy atom. The number of nitrogens with zero attached hydrogens (tertiary/aromatic N) is 3. The summed E-state index contributed by atoms with van der Waals surface area (Å²) in [7, 11) is 2.08. The molecular formula is C9H14N4O. The molecule has 14 heavy (non-hydrogen) atoms. The average molecular weight is 194 g/mol. The summed E-state index contributed by atoms with van der Waals surface area (Å²) < 4.78 is 5.58. The van der Waals surface area contributed by atoms with Crippen LogP contribution in [-0.2, 0) is 0 Å². The molecule has 0 saturated carbocycles. The molecule has 1 fully saturated rings. The zero-order valence-corrected chi connectivity index (χ0v) is 8.18. The number of rotatable bonds is 2. The lowest BCUT2D eigenvalue weighted by molar-refractivity contribution is 0.191. The second-order valence-corrected chi connectivity index (χ2v) is 3.59. The molecule has 2 heterocycles. The van der Waals surface area contributed by atoms with Crippen LogP contribution in [0.4, 0.5) is 5.69 Å². The fourth-order valence-corrected chi connectivity index (χ4v) is 1.53. The molecule has 1 unspecified atom stereocenters. The quantitative estimate of drug-likeness (QED) is 0.725. The first kappa shape index (κ1) is 9.21. The summed E-state index contributed by atoms with van der Waals surface area (Å²) in [5.41, 5.74) is 6.02. The summed E-state index contributed by atoms with van der Waals surface area (Å²) in [5.74, 6) is 0. The minimum atomic E-state index is 0.212. The van der Waals surface area contributed by atoms with Gasteiger partial charge in [-0.1, -0.05) is 0 Å². The molecule has 1 saturated heterocycles. The van der Waals surface area contributed by atoms with Gasteiger partial charge in [-0.2, -0.15) is 0 Å². The molecule has 1 aromatic rings. The van der Waals surface area contributed by atoms with Crippen LogP contribution in [0.2, 0.25) is 0 Å². The van der Waals surface area contributed by atoms with Crippen LogP contribution < -0.4 is 10.5 Å². The smallest absolute Gasteiger partial charge is 0.316 e. The summed E-state index contributed by atoms with van der Waals surface area (Å²) in [5, 5.41) is 0. The van der Waals surface area contributed by atoms with E-state index in [2.05, 4.69) is 21.9 Å². The highest BCUT2D eigenvalue weighted by atomic mass is 16.5. The van der Waals surface area contributed by atoms with Gasteiger partial charge in [0.15, 0.2) is 0 Å². The maximum absolute atomic E-state index is 5.58. The van der Waals surface area contributed by atoms with Crippen molar-refractivity contribution in [2.45, 2.75) is 12.5 Å². The van der Waals surface area contributed by atoms with Crippen LogP contribution in [0.1, 0.15) is 6.42 Å². The van der Waals surface area contributed by atoms with E-state index in [0.717, 1.165) is 19.5 Å². The van der Waals surface area contributed by atoms with Gasteiger partial charge in [0.1, 0.15) is 6.10 Å². The van der Waals surface area contributed by atoms with Gasteiger partial charge in [-0.3, -0.25) is 0 Å². The van der Waals surface area contributed by atoms with Crippen molar-refractivity contribution < 1.29 is 4.74 Å². The third-order valence-electron chi connectivity index (χ3n) is 2.27. The molecule has 76 valence electrons. The average Bonchev–Trinajstić information content (AvgIpc) is 2.56. The first-order chi connectivity index (χ1) is 6.74. The van der Waals surface area contributed by atoms with Crippen molar-refractivity contribution in [1.29, 1.82) is 0 Å². The normalized spacial score (nSPS) is 22.5. The van der Waals surface area contributed by atoms with E-state index in [1.807, 2.05) is 0 Å². The van der Waals surface area contributed by atoms with E-state index in [-0.39, 0.29) is 6.10 Å². The minimum Gasteiger partial charge on any atom is -0.459 e. The van der Waals surface area contributed by atoms with E-state index in [0.29, 0.717) is 11.7 Å². The van der Waals surface area contributed by atoms with E-state index in [1.165, 1.54) is 0 Å². The van der Waals surface area contributed by atoms with Gasteiger partial charge in [0.25, 0.3) is 0 Å². The van der Waals surface area contributed by atoms with Crippen molar-refractivity contribution in [3.8, 4) is 6.01 Å². The van der Waals surface area contributed by atoms with E-state index < -0.39 is 0 Å². The molecule has 0 aromatic carbocycles. The predicted octanol–water partition coefficient (Wildman–Crippen LogP) is 0.142. The fourth-order valence-electron chi connectivity index (χ4n) is 1.53. The van der Waals surface area contributed by atoms with Crippen LogP contribution in [0.25, 0.3) is 0 Å². The number of likely N-dealkylation sites (tertiary alicyclic amines) is 1. The minimum absolute atomic E-state index is 0.212. The van der Waals surface area contributed by atoms with Crippen LogP contribution in [0.3, 0.4) is 0 Å². The highest BCUT2D eigenvalue weighted by Gasteiger charge is 2.21. The number of likely N-dealkylation sites (N-methyl/N-ethyl adjacent to an activating group) is 1. The molecule has 1 aromatic heterocycles. The highest BCUT2D eigenvalue weighted by Crippen LogP contribution is 2.13. The summed E-state index contributed by atoms with van der Waals surface area (Å²) in [4.78, 5) is 10.2. The molecule has 0 spiro atoms. The zero-order chi connectivity index (χ0) is 9.97. The van der Waals surface area contributed by atoms with Crippen LogP contribution in [0.15, 0.2) is 12.4 Å². The van der Waals surface area contributed by atoms with Crippen LogP contribution in [0.5, 0.6) is 6.01 Å². The molecule has 1 aliphatic rings. The molecule has 5 heteroatoms. The van der Waals surface area contributed by atoms with Gasteiger partial charge in [-0.15, -0.1) is 0 Å². The molecule has 2 N–H and O–H groups in total. The standard InChI is InChI=1S/C9H14N4O/c1-13-3-2-8(6-13)14-9-11-4-7(10)5-12-9/h4-5,8H,2-3,6,10H2,1H3. The molecule has 0 amide bonds. The first-order valence-corrected chi connectivity index (χ1v) is 4.67. The van der Waals surface area contributed by atoms with Gasteiger partial charge >= 0.3 is 6.01 Å². The van der Waals surface area contributed by atoms with Crippen LogP contribution in [0, 0.1) is 0 Å². The third kappa shape index (κ3) is 2.11. The van der Waals surface area contributed by atoms with E-state index in [9.17, 15) is 0 Å². The van der Waals surface area contributed by atoms with Crippen LogP contribution in [-0.4, -0.2) is 41.1 Å². The lowest BCUT2D eigenvalue weighted by Gasteiger charge is -2.11. The molecule has 1 aliphatic heterocycles. The summed E-state index contributed by atoms with van der Waals surface area (Å²) in [6, 6.07) is 0.416. The number of ether oxygens (including phenoxy) is 1. The van der Waals surface area contributed by atoms with Crippen molar-refractivity contribution in [2.75, 3.05) is 25.9 Å².